The number of tetrazole rings is 1. The highest BCUT2D eigenvalue weighted by Crippen LogP contribution is 2.16. The van der Waals surface area contributed by atoms with Crippen LogP contribution in [0, 0.1) is 0 Å². The molecule has 0 atom stereocenters. The highest BCUT2D eigenvalue weighted by Gasteiger charge is 2.06. The first-order valence-corrected chi connectivity index (χ1v) is 4.77. The molecule has 0 radical (unpaired) electrons. The molecular weight excluding hydrogens is 192 g/mol. The topological polar surface area (TPSA) is 52.8 Å². The summed E-state index contributed by atoms with van der Waals surface area (Å²) >= 11 is 0. The van der Waals surface area contributed by atoms with Crippen molar-refractivity contribution in [2.75, 3.05) is 7.11 Å². The van der Waals surface area contributed by atoms with Gasteiger partial charge in [-0.15, -0.1) is 5.10 Å². The summed E-state index contributed by atoms with van der Waals surface area (Å²) in [5.74, 6) is 1.63. The molecular formula is C10H12N4O. The minimum absolute atomic E-state index is 0.796. The molecule has 0 unspecified atom stereocenters. The molecule has 0 fully saturated rings. The number of nitrogens with zero attached hydrogens (tertiary/aromatic N) is 4. The van der Waals surface area contributed by atoms with Crippen molar-refractivity contribution in [3.05, 3.63) is 30.1 Å². The first-order chi connectivity index (χ1) is 7.35. The summed E-state index contributed by atoms with van der Waals surface area (Å²) in [6.45, 7) is 2.02. The van der Waals surface area contributed by atoms with Gasteiger partial charge in [0.2, 0.25) is 0 Å². The minimum atomic E-state index is 0.796. The molecule has 5 nitrogen and oxygen atoms in total. The monoisotopic (exact) mass is 204 g/mol. The summed E-state index contributed by atoms with van der Waals surface area (Å²) in [7, 11) is 1.64. The molecule has 0 aliphatic carbocycles. The zero-order chi connectivity index (χ0) is 10.7. The van der Waals surface area contributed by atoms with Gasteiger partial charge in [0.1, 0.15) is 5.75 Å². The van der Waals surface area contributed by atoms with Crippen LogP contribution in [0.3, 0.4) is 0 Å². The molecule has 1 aromatic carbocycles. The lowest BCUT2D eigenvalue weighted by molar-refractivity contribution is 0.414. The van der Waals surface area contributed by atoms with Gasteiger partial charge in [0.05, 0.1) is 12.8 Å². The quantitative estimate of drug-likeness (QED) is 0.754. The predicted octanol–water partition coefficient (Wildman–Crippen LogP) is 1.23. The van der Waals surface area contributed by atoms with Gasteiger partial charge in [-0.25, -0.2) is 0 Å². The van der Waals surface area contributed by atoms with Crippen molar-refractivity contribution in [3.63, 3.8) is 0 Å². The average Bonchev–Trinajstić information content (AvgIpc) is 2.77. The number of methoxy groups -OCH3 is 1. The molecule has 78 valence electrons. The molecule has 2 aromatic rings. The van der Waals surface area contributed by atoms with Crippen LogP contribution in [0.25, 0.3) is 5.69 Å². The Bertz CT molecular complexity index is 452. The van der Waals surface area contributed by atoms with Gasteiger partial charge in [-0.1, -0.05) is 13.0 Å². The van der Waals surface area contributed by atoms with Crippen LogP contribution in [0.2, 0.25) is 0 Å². The van der Waals surface area contributed by atoms with Crippen molar-refractivity contribution in [2.24, 2.45) is 0 Å². The highest BCUT2D eigenvalue weighted by molar-refractivity contribution is 5.38. The molecule has 0 N–H and O–H groups in total. The number of rotatable bonds is 3. The van der Waals surface area contributed by atoms with Gasteiger partial charge in [-0.05, 0) is 22.6 Å². The molecule has 15 heavy (non-hydrogen) atoms. The highest BCUT2D eigenvalue weighted by atomic mass is 16.5. The Labute approximate surface area is 87.7 Å². The maximum Gasteiger partial charge on any atom is 0.156 e. The third-order valence-electron chi connectivity index (χ3n) is 2.15. The zero-order valence-electron chi connectivity index (χ0n) is 8.71. The van der Waals surface area contributed by atoms with Crippen LogP contribution < -0.4 is 4.74 Å². The Morgan fingerprint density at radius 3 is 3.00 bits per heavy atom. The second kappa shape index (κ2) is 4.08. The van der Waals surface area contributed by atoms with Crippen LogP contribution in [-0.2, 0) is 6.42 Å². The van der Waals surface area contributed by atoms with Gasteiger partial charge in [-0.2, -0.15) is 4.68 Å². The number of hydrogen-bond acceptors (Lipinski definition) is 4. The van der Waals surface area contributed by atoms with Gasteiger partial charge in [0.15, 0.2) is 5.82 Å². The maximum absolute atomic E-state index is 5.14. The molecule has 2 rings (SSSR count). The van der Waals surface area contributed by atoms with E-state index in [2.05, 4.69) is 15.5 Å². The van der Waals surface area contributed by atoms with Crippen LogP contribution in [-0.4, -0.2) is 27.3 Å². The summed E-state index contributed by atoms with van der Waals surface area (Å²) in [5, 5.41) is 11.5. The third-order valence-corrected chi connectivity index (χ3v) is 2.15. The molecule has 5 heteroatoms. The summed E-state index contributed by atoms with van der Waals surface area (Å²) in [5.41, 5.74) is 0.913. The van der Waals surface area contributed by atoms with Gasteiger partial charge in [0.25, 0.3) is 0 Å². The molecule has 0 bridgehead atoms. The lowest BCUT2D eigenvalue weighted by Crippen LogP contribution is -2.02. The number of benzene rings is 1. The fourth-order valence-electron chi connectivity index (χ4n) is 1.37. The number of aryl methyl sites for hydroxylation is 1. The van der Waals surface area contributed by atoms with Gasteiger partial charge >= 0.3 is 0 Å². The van der Waals surface area contributed by atoms with E-state index < -0.39 is 0 Å². The first-order valence-electron chi connectivity index (χ1n) is 4.77. The van der Waals surface area contributed by atoms with Crippen LogP contribution in [0.1, 0.15) is 12.7 Å². The minimum Gasteiger partial charge on any atom is -0.497 e. The van der Waals surface area contributed by atoms with Crippen LogP contribution in [0.4, 0.5) is 0 Å². The molecule has 0 aliphatic heterocycles. The number of aromatic nitrogens is 4. The molecule has 0 spiro atoms. The Morgan fingerprint density at radius 2 is 2.27 bits per heavy atom. The standard InChI is InChI=1S/C10H12N4O/c1-3-10-11-12-13-14(10)8-5-4-6-9(7-8)15-2/h4-7H,3H2,1-2H3. The summed E-state index contributed by atoms with van der Waals surface area (Å²) in [6.07, 6.45) is 0.796. The second-order valence-electron chi connectivity index (χ2n) is 3.06. The van der Waals surface area contributed by atoms with Crippen molar-refractivity contribution in [1.82, 2.24) is 20.2 Å². The molecule has 0 amide bonds. The molecule has 0 saturated heterocycles. The van der Waals surface area contributed by atoms with E-state index >= 15 is 0 Å². The molecule has 0 saturated carbocycles. The Kier molecular flexibility index (Phi) is 2.62. The predicted molar refractivity (Wildman–Crippen MR) is 55.1 cm³/mol. The largest absolute Gasteiger partial charge is 0.497 e. The van der Waals surface area contributed by atoms with E-state index in [1.54, 1.807) is 11.8 Å². The summed E-state index contributed by atoms with van der Waals surface area (Å²) in [6, 6.07) is 7.64. The van der Waals surface area contributed by atoms with Gasteiger partial charge < -0.3 is 4.74 Å². The normalized spacial score (nSPS) is 10.3. The molecule has 1 heterocycles. The van der Waals surface area contributed by atoms with E-state index in [1.165, 1.54) is 0 Å². The Morgan fingerprint density at radius 1 is 1.40 bits per heavy atom. The van der Waals surface area contributed by atoms with E-state index in [9.17, 15) is 0 Å². The van der Waals surface area contributed by atoms with Gasteiger partial charge in [-0.3, -0.25) is 0 Å². The lowest BCUT2D eigenvalue weighted by atomic mass is 10.3. The Hall–Kier alpha value is -1.91. The van der Waals surface area contributed by atoms with Crippen molar-refractivity contribution >= 4 is 0 Å². The maximum atomic E-state index is 5.14. The van der Waals surface area contributed by atoms with E-state index in [4.69, 9.17) is 4.74 Å². The molecule has 1 aromatic heterocycles. The third kappa shape index (κ3) is 1.81. The van der Waals surface area contributed by atoms with Crippen LogP contribution >= 0.6 is 0 Å². The van der Waals surface area contributed by atoms with E-state index in [1.807, 2.05) is 31.2 Å². The second-order valence-corrected chi connectivity index (χ2v) is 3.06. The fourth-order valence-corrected chi connectivity index (χ4v) is 1.37. The SMILES string of the molecule is CCc1nnnn1-c1cccc(OC)c1. The summed E-state index contributed by atoms with van der Waals surface area (Å²) < 4.78 is 6.86. The van der Waals surface area contributed by atoms with Crippen molar-refractivity contribution in [3.8, 4) is 11.4 Å². The van der Waals surface area contributed by atoms with Crippen molar-refractivity contribution < 1.29 is 4.74 Å². The number of hydrogen-bond donors (Lipinski definition) is 0. The van der Waals surface area contributed by atoms with Crippen LogP contribution in [0.5, 0.6) is 5.75 Å². The van der Waals surface area contributed by atoms with Gasteiger partial charge in [0, 0.05) is 12.5 Å². The zero-order valence-corrected chi connectivity index (χ0v) is 8.71. The van der Waals surface area contributed by atoms with E-state index in [-0.39, 0.29) is 0 Å². The van der Waals surface area contributed by atoms with E-state index in [0.29, 0.717) is 0 Å². The lowest BCUT2D eigenvalue weighted by Gasteiger charge is -2.04. The number of ether oxygens (including phenoxy) is 1. The fraction of sp³-hybridized carbons (Fsp3) is 0.300. The Balaban J connectivity index is 2.44. The van der Waals surface area contributed by atoms with Crippen molar-refractivity contribution in [1.29, 1.82) is 0 Å². The average molecular weight is 204 g/mol. The molecule has 0 aliphatic rings. The van der Waals surface area contributed by atoms with E-state index in [0.717, 1.165) is 23.7 Å². The first kappa shape index (κ1) is 9.64. The van der Waals surface area contributed by atoms with Crippen LogP contribution in [0.15, 0.2) is 24.3 Å². The smallest absolute Gasteiger partial charge is 0.156 e. The summed E-state index contributed by atoms with van der Waals surface area (Å²) in [4.78, 5) is 0. The van der Waals surface area contributed by atoms with Crippen molar-refractivity contribution in [2.45, 2.75) is 13.3 Å².